The van der Waals surface area contributed by atoms with Crippen molar-refractivity contribution in [3.63, 3.8) is 0 Å². The van der Waals surface area contributed by atoms with Gasteiger partial charge in [0.05, 0.1) is 17.8 Å². The molecule has 0 unspecified atom stereocenters. The van der Waals surface area contributed by atoms with Crippen molar-refractivity contribution in [3.05, 3.63) is 47.9 Å². The summed E-state index contributed by atoms with van der Waals surface area (Å²) in [6, 6.07) is 5.99. The minimum absolute atomic E-state index is 0.0499. The number of carbonyl (C=O) groups is 2. The van der Waals surface area contributed by atoms with Crippen LogP contribution in [-0.2, 0) is 9.53 Å². The van der Waals surface area contributed by atoms with E-state index in [0.717, 1.165) is 0 Å². The second kappa shape index (κ2) is 6.77. The van der Waals surface area contributed by atoms with E-state index >= 15 is 0 Å². The molecule has 0 saturated carbocycles. The number of amides is 2. The first-order valence-corrected chi connectivity index (χ1v) is 8.87. The molecule has 1 aromatic carbocycles. The lowest BCUT2D eigenvalue weighted by Crippen LogP contribution is -2.59. The van der Waals surface area contributed by atoms with E-state index in [-0.39, 0.29) is 30.0 Å². The van der Waals surface area contributed by atoms with Gasteiger partial charge < -0.3 is 19.0 Å². The normalized spacial score (nSPS) is 19.6. The van der Waals surface area contributed by atoms with Gasteiger partial charge in [0, 0.05) is 18.8 Å². The number of rotatable bonds is 2. The molecule has 0 atom stereocenters. The van der Waals surface area contributed by atoms with Gasteiger partial charge in [-0.05, 0) is 38.0 Å². The Morgan fingerprint density at radius 2 is 2.07 bits per heavy atom. The summed E-state index contributed by atoms with van der Waals surface area (Å²) in [4.78, 5) is 32.1. The highest BCUT2D eigenvalue weighted by molar-refractivity contribution is 5.95. The maximum absolute atomic E-state index is 13.6. The Morgan fingerprint density at radius 3 is 2.74 bits per heavy atom. The van der Waals surface area contributed by atoms with Crippen LogP contribution in [0.2, 0.25) is 0 Å². The molecule has 2 amide bonds. The molecule has 3 heterocycles. The molecule has 8 heteroatoms. The summed E-state index contributed by atoms with van der Waals surface area (Å²) in [7, 11) is 0. The summed E-state index contributed by atoms with van der Waals surface area (Å²) in [6.07, 6.45) is 2.44. The highest BCUT2D eigenvalue weighted by Crippen LogP contribution is 2.33. The number of aromatic nitrogens is 1. The summed E-state index contributed by atoms with van der Waals surface area (Å²) in [5.74, 6) is -0.508. The van der Waals surface area contributed by atoms with E-state index in [2.05, 4.69) is 4.98 Å². The lowest BCUT2D eigenvalue weighted by Gasteiger charge is -2.46. The fourth-order valence-corrected chi connectivity index (χ4v) is 3.66. The van der Waals surface area contributed by atoms with E-state index in [0.29, 0.717) is 43.9 Å². The van der Waals surface area contributed by atoms with Crippen molar-refractivity contribution < 1.29 is 23.1 Å². The maximum Gasteiger partial charge on any atom is 0.291 e. The molecular formula is C19H20FN3O4. The molecule has 7 nitrogen and oxygen atoms in total. The third-order valence-electron chi connectivity index (χ3n) is 5.27. The van der Waals surface area contributed by atoms with Crippen molar-refractivity contribution in [2.75, 3.05) is 31.1 Å². The van der Waals surface area contributed by atoms with Crippen molar-refractivity contribution in [1.29, 1.82) is 0 Å². The number of morpholine rings is 1. The van der Waals surface area contributed by atoms with Crippen LogP contribution in [0.5, 0.6) is 0 Å². The first-order valence-electron chi connectivity index (χ1n) is 8.87. The summed E-state index contributed by atoms with van der Waals surface area (Å²) in [5.41, 5.74) is 0.559. The first-order chi connectivity index (χ1) is 13.0. The smallest absolute Gasteiger partial charge is 0.291 e. The largest absolute Gasteiger partial charge is 0.438 e. The molecule has 1 spiro atoms. The van der Waals surface area contributed by atoms with Crippen molar-refractivity contribution in [2.45, 2.75) is 25.4 Å². The Labute approximate surface area is 155 Å². The third kappa shape index (κ3) is 3.32. The van der Waals surface area contributed by atoms with Crippen LogP contribution in [0.15, 0.2) is 35.1 Å². The molecule has 4 rings (SSSR count). The van der Waals surface area contributed by atoms with Gasteiger partial charge in [-0.25, -0.2) is 9.37 Å². The van der Waals surface area contributed by atoms with Crippen molar-refractivity contribution in [2.24, 2.45) is 0 Å². The Kier molecular flexibility index (Phi) is 4.43. The van der Waals surface area contributed by atoms with Crippen molar-refractivity contribution in [1.82, 2.24) is 9.88 Å². The Balaban J connectivity index is 1.47. The number of hydrogen-bond acceptors (Lipinski definition) is 5. The van der Waals surface area contributed by atoms with E-state index in [1.165, 1.54) is 18.5 Å². The Hall–Kier alpha value is -2.74. The minimum Gasteiger partial charge on any atom is -0.438 e. The van der Waals surface area contributed by atoms with Gasteiger partial charge in [0.15, 0.2) is 6.39 Å². The summed E-state index contributed by atoms with van der Waals surface area (Å²) < 4.78 is 24.6. The highest BCUT2D eigenvalue weighted by atomic mass is 19.1. The molecule has 1 aromatic heterocycles. The van der Waals surface area contributed by atoms with Crippen LogP contribution in [-0.4, -0.2) is 53.5 Å². The summed E-state index contributed by atoms with van der Waals surface area (Å²) >= 11 is 0. The van der Waals surface area contributed by atoms with Gasteiger partial charge in [0.2, 0.25) is 5.76 Å². The lowest BCUT2D eigenvalue weighted by atomic mass is 9.89. The number of anilines is 1. The van der Waals surface area contributed by atoms with Crippen LogP contribution in [0.25, 0.3) is 0 Å². The quantitative estimate of drug-likeness (QED) is 0.806. The maximum atomic E-state index is 13.6. The molecule has 2 saturated heterocycles. The average Bonchev–Trinajstić information content (AvgIpc) is 3.10. The third-order valence-corrected chi connectivity index (χ3v) is 5.27. The molecule has 2 fully saturated rings. The lowest BCUT2D eigenvalue weighted by molar-refractivity contribution is -0.143. The van der Waals surface area contributed by atoms with Crippen molar-refractivity contribution >= 4 is 17.5 Å². The zero-order valence-corrected chi connectivity index (χ0v) is 15.0. The molecule has 0 bridgehead atoms. The first kappa shape index (κ1) is 17.7. The topological polar surface area (TPSA) is 75.9 Å². The van der Waals surface area contributed by atoms with E-state index in [1.807, 2.05) is 0 Å². The minimum atomic E-state index is -0.534. The number of carbonyl (C=O) groups excluding carboxylic acids is 2. The van der Waals surface area contributed by atoms with Gasteiger partial charge in [-0.1, -0.05) is 6.07 Å². The average molecular weight is 373 g/mol. The highest BCUT2D eigenvalue weighted by Gasteiger charge is 2.44. The number of oxazole rings is 1. The number of halogens is 1. The molecule has 27 heavy (non-hydrogen) atoms. The zero-order chi connectivity index (χ0) is 19.0. The molecule has 2 aromatic rings. The number of hydrogen-bond donors (Lipinski definition) is 0. The number of likely N-dealkylation sites (tertiary alicyclic amines) is 1. The number of benzene rings is 1. The monoisotopic (exact) mass is 373 g/mol. The van der Waals surface area contributed by atoms with Crippen LogP contribution in [0.1, 0.15) is 29.1 Å². The van der Waals surface area contributed by atoms with E-state index in [1.54, 1.807) is 28.9 Å². The van der Waals surface area contributed by atoms with Gasteiger partial charge in [0.25, 0.3) is 11.8 Å². The second-order valence-electron chi connectivity index (χ2n) is 6.99. The number of aryl methyl sites for hydroxylation is 1. The molecule has 2 aliphatic rings. The van der Waals surface area contributed by atoms with Gasteiger partial charge >= 0.3 is 0 Å². The number of nitrogens with zero attached hydrogens (tertiary/aromatic N) is 3. The Bertz CT molecular complexity index is 873. The molecule has 0 radical (unpaired) electrons. The van der Waals surface area contributed by atoms with Crippen LogP contribution in [0.3, 0.4) is 0 Å². The van der Waals surface area contributed by atoms with E-state index in [9.17, 15) is 14.0 Å². The van der Waals surface area contributed by atoms with Gasteiger partial charge in [-0.2, -0.15) is 0 Å². The molecule has 142 valence electrons. The second-order valence-corrected chi connectivity index (χ2v) is 6.99. The standard InChI is InChI=1S/C19H20FN3O4/c1-13-17(26-12-21-13)18(25)22-7-5-19(6-8-22)11-23(16(24)10-27-19)15-4-2-3-14(20)9-15/h2-4,9,12H,5-8,10-11H2,1H3. The van der Waals surface area contributed by atoms with Gasteiger partial charge in [-0.15, -0.1) is 0 Å². The van der Waals surface area contributed by atoms with E-state index in [4.69, 9.17) is 9.15 Å². The summed E-state index contributed by atoms with van der Waals surface area (Å²) in [6.45, 7) is 3.01. The number of ether oxygens (including phenoxy) is 1. The van der Waals surface area contributed by atoms with Crippen LogP contribution in [0.4, 0.5) is 10.1 Å². The van der Waals surface area contributed by atoms with Gasteiger partial charge in [-0.3, -0.25) is 9.59 Å². The van der Waals surface area contributed by atoms with Crippen LogP contribution >= 0.6 is 0 Å². The van der Waals surface area contributed by atoms with Crippen molar-refractivity contribution in [3.8, 4) is 0 Å². The molecule has 0 aliphatic carbocycles. The predicted octanol–water partition coefficient (Wildman–Crippen LogP) is 2.16. The molecular weight excluding hydrogens is 353 g/mol. The fourth-order valence-electron chi connectivity index (χ4n) is 3.66. The van der Waals surface area contributed by atoms with Gasteiger partial charge in [0.1, 0.15) is 12.4 Å². The van der Waals surface area contributed by atoms with Crippen LogP contribution in [0, 0.1) is 12.7 Å². The zero-order valence-electron chi connectivity index (χ0n) is 15.0. The predicted molar refractivity (Wildman–Crippen MR) is 93.8 cm³/mol. The SMILES string of the molecule is Cc1ncoc1C(=O)N1CCC2(CC1)CN(c1cccc(F)c1)C(=O)CO2. The van der Waals surface area contributed by atoms with E-state index < -0.39 is 5.60 Å². The molecule has 2 aliphatic heterocycles. The number of piperidine rings is 1. The summed E-state index contributed by atoms with van der Waals surface area (Å²) in [5, 5.41) is 0. The molecule has 0 N–H and O–H groups in total. The Morgan fingerprint density at radius 1 is 1.30 bits per heavy atom. The van der Waals surface area contributed by atoms with Crippen LogP contribution < -0.4 is 4.90 Å². The fraction of sp³-hybridized carbons (Fsp3) is 0.421.